The smallest absolute Gasteiger partial charge is 0.234 e. The highest BCUT2D eigenvalue weighted by atomic mass is 16.2. The lowest BCUT2D eigenvalue weighted by molar-refractivity contribution is -0.123. The van der Waals surface area contributed by atoms with Crippen LogP contribution >= 0.6 is 0 Å². The van der Waals surface area contributed by atoms with E-state index in [1.165, 1.54) is 16.7 Å². The van der Waals surface area contributed by atoms with Crippen molar-refractivity contribution in [1.82, 2.24) is 10.6 Å². The average molecular weight is 336 g/mol. The van der Waals surface area contributed by atoms with E-state index in [1.54, 1.807) is 0 Å². The molecule has 1 aliphatic rings. The fraction of sp³-hybridized carbons (Fsp3) is 0.409. The van der Waals surface area contributed by atoms with Crippen LogP contribution in [0.15, 0.2) is 48.5 Å². The molecule has 3 rings (SSSR count). The van der Waals surface area contributed by atoms with Gasteiger partial charge < -0.3 is 5.32 Å². The number of nitrogens with one attached hydrogen (secondary N) is 2. The fourth-order valence-electron chi connectivity index (χ4n) is 3.58. The standard InChI is InChI=1S/C22H28N2O/c1-3-5-16-7-11-18(12-8-16)21-22(24-20(25)15-23-21)19-13-9-17(6-4-2)10-14-19/h7-14,21-23H,3-6,15H2,1-2H3,(H,24,25). The number of piperazine rings is 1. The monoisotopic (exact) mass is 336 g/mol. The molecule has 1 heterocycles. The predicted octanol–water partition coefficient (Wildman–Crippen LogP) is 4.09. The predicted molar refractivity (Wildman–Crippen MR) is 103 cm³/mol. The Balaban J connectivity index is 1.84. The van der Waals surface area contributed by atoms with Crippen molar-refractivity contribution in [2.24, 2.45) is 0 Å². The van der Waals surface area contributed by atoms with Crippen LogP contribution in [-0.2, 0) is 17.6 Å². The van der Waals surface area contributed by atoms with E-state index in [4.69, 9.17) is 0 Å². The summed E-state index contributed by atoms with van der Waals surface area (Å²) in [6, 6.07) is 17.5. The van der Waals surface area contributed by atoms with Gasteiger partial charge in [0.15, 0.2) is 0 Å². The van der Waals surface area contributed by atoms with Crippen molar-refractivity contribution in [2.45, 2.75) is 51.6 Å². The van der Waals surface area contributed by atoms with Gasteiger partial charge in [-0.2, -0.15) is 0 Å². The van der Waals surface area contributed by atoms with E-state index in [-0.39, 0.29) is 18.0 Å². The molecule has 0 aliphatic carbocycles. The fourth-order valence-corrected chi connectivity index (χ4v) is 3.58. The molecule has 2 unspecified atom stereocenters. The number of rotatable bonds is 6. The maximum atomic E-state index is 12.0. The number of amides is 1. The summed E-state index contributed by atoms with van der Waals surface area (Å²) in [5.74, 6) is 0.0569. The van der Waals surface area contributed by atoms with E-state index in [2.05, 4.69) is 73.0 Å². The van der Waals surface area contributed by atoms with Gasteiger partial charge in [-0.05, 0) is 35.1 Å². The molecule has 1 fully saturated rings. The van der Waals surface area contributed by atoms with Crippen LogP contribution in [-0.4, -0.2) is 12.5 Å². The molecule has 0 bridgehead atoms. The van der Waals surface area contributed by atoms with Gasteiger partial charge >= 0.3 is 0 Å². The summed E-state index contributed by atoms with van der Waals surface area (Å²) in [6.45, 7) is 4.76. The highest BCUT2D eigenvalue weighted by Crippen LogP contribution is 2.31. The second-order valence-electron chi connectivity index (χ2n) is 6.89. The molecule has 0 aromatic heterocycles. The van der Waals surface area contributed by atoms with E-state index in [1.807, 2.05) is 0 Å². The first-order chi connectivity index (χ1) is 12.2. The number of carbonyl (C=O) groups excluding carboxylic acids is 1. The molecular formula is C22H28N2O. The lowest BCUT2D eigenvalue weighted by Crippen LogP contribution is -2.49. The van der Waals surface area contributed by atoms with Crippen LogP contribution in [0, 0.1) is 0 Å². The summed E-state index contributed by atoms with van der Waals surface area (Å²) in [4.78, 5) is 12.0. The zero-order valence-corrected chi connectivity index (χ0v) is 15.2. The molecule has 1 amide bonds. The first-order valence-electron chi connectivity index (χ1n) is 9.41. The summed E-state index contributed by atoms with van der Waals surface area (Å²) in [5, 5.41) is 6.58. The molecule has 3 nitrogen and oxygen atoms in total. The average Bonchev–Trinajstić information content (AvgIpc) is 2.64. The minimum Gasteiger partial charge on any atom is -0.346 e. The highest BCUT2D eigenvalue weighted by Gasteiger charge is 2.30. The topological polar surface area (TPSA) is 41.1 Å². The van der Waals surface area contributed by atoms with Gasteiger partial charge in [0, 0.05) is 0 Å². The van der Waals surface area contributed by atoms with Crippen LogP contribution in [0.5, 0.6) is 0 Å². The third-order valence-electron chi connectivity index (χ3n) is 4.89. The van der Waals surface area contributed by atoms with Crippen LogP contribution < -0.4 is 10.6 Å². The van der Waals surface area contributed by atoms with Crippen LogP contribution in [0.2, 0.25) is 0 Å². The van der Waals surface area contributed by atoms with E-state index < -0.39 is 0 Å². The van der Waals surface area contributed by atoms with Crippen LogP contribution in [0.3, 0.4) is 0 Å². The van der Waals surface area contributed by atoms with Crippen molar-refractivity contribution in [1.29, 1.82) is 0 Å². The zero-order chi connectivity index (χ0) is 17.6. The molecule has 1 aliphatic heterocycles. The van der Waals surface area contributed by atoms with Gasteiger partial charge in [-0.3, -0.25) is 10.1 Å². The molecular weight excluding hydrogens is 308 g/mol. The highest BCUT2D eigenvalue weighted by molar-refractivity contribution is 5.79. The summed E-state index contributed by atoms with van der Waals surface area (Å²) in [6.07, 6.45) is 4.51. The molecule has 25 heavy (non-hydrogen) atoms. The Labute approximate surface area is 150 Å². The first-order valence-corrected chi connectivity index (χ1v) is 9.41. The first kappa shape index (κ1) is 17.7. The molecule has 1 saturated heterocycles. The third-order valence-corrected chi connectivity index (χ3v) is 4.89. The normalized spacial score (nSPS) is 20.3. The van der Waals surface area contributed by atoms with Crippen LogP contribution in [0.25, 0.3) is 0 Å². The van der Waals surface area contributed by atoms with Crippen molar-refractivity contribution in [2.75, 3.05) is 6.54 Å². The molecule has 2 N–H and O–H groups in total. The molecule has 0 saturated carbocycles. The quantitative estimate of drug-likeness (QED) is 0.834. The van der Waals surface area contributed by atoms with E-state index in [9.17, 15) is 4.79 Å². The van der Waals surface area contributed by atoms with Gasteiger partial charge in [-0.15, -0.1) is 0 Å². The Hall–Kier alpha value is -2.13. The maximum absolute atomic E-state index is 12.0. The largest absolute Gasteiger partial charge is 0.346 e. The summed E-state index contributed by atoms with van der Waals surface area (Å²) in [7, 11) is 0. The molecule has 2 atom stereocenters. The second-order valence-corrected chi connectivity index (χ2v) is 6.89. The van der Waals surface area contributed by atoms with Gasteiger partial charge in [0.25, 0.3) is 0 Å². The lowest BCUT2D eigenvalue weighted by Gasteiger charge is -2.34. The summed E-state index contributed by atoms with van der Waals surface area (Å²) in [5.41, 5.74) is 5.10. The van der Waals surface area contributed by atoms with Gasteiger partial charge in [0.05, 0.1) is 18.6 Å². The Morgan fingerprint density at radius 1 is 0.800 bits per heavy atom. The van der Waals surface area contributed by atoms with Gasteiger partial charge in [0.2, 0.25) is 5.91 Å². The molecule has 132 valence electrons. The molecule has 3 heteroatoms. The van der Waals surface area contributed by atoms with E-state index in [0.717, 1.165) is 31.2 Å². The Morgan fingerprint density at radius 3 is 1.76 bits per heavy atom. The number of carbonyl (C=O) groups is 1. The Morgan fingerprint density at radius 2 is 1.28 bits per heavy atom. The third kappa shape index (κ3) is 4.29. The minimum absolute atomic E-state index is 0.0334. The van der Waals surface area contributed by atoms with Crippen molar-refractivity contribution in [3.8, 4) is 0 Å². The van der Waals surface area contributed by atoms with Crippen molar-refractivity contribution in [3.63, 3.8) is 0 Å². The van der Waals surface area contributed by atoms with E-state index >= 15 is 0 Å². The van der Waals surface area contributed by atoms with Crippen LogP contribution in [0.4, 0.5) is 0 Å². The van der Waals surface area contributed by atoms with Gasteiger partial charge in [0.1, 0.15) is 0 Å². The van der Waals surface area contributed by atoms with Crippen molar-refractivity contribution >= 4 is 5.91 Å². The number of hydrogen-bond acceptors (Lipinski definition) is 2. The van der Waals surface area contributed by atoms with Crippen molar-refractivity contribution < 1.29 is 4.79 Å². The minimum atomic E-state index is -0.0334. The number of hydrogen-bond donors (Lipinski definition) is 2. The summed E-state index contributed by atoms with van der Waals surface area (Å²) >= 11 is 0. The molecule has 2 aromatic carbocycles. The number of aryl methyl sites for hydroxylation is 2. The molecule has 0 spiro atoms. The lowest BCUT2D eigenvalue weighted by atomic mass is 9.90. The second kappa shape index (κ2) is 8.30. The van der Waals surface area contributed by atoms with Crippen molar-refractivity contribution in [3.05, 3.63) is 70.8 Å². The van der Waals surface area contributed by atoms with Gasteiger partial charge in [-0.1, -0.05) is 75.2 Å². The Bertz CT molecular complexity index is 691. The zero-order valence-electron chi connectivity index (χ0n) is 15.2. The summed E-state index contributed by atoms with van der Waals surface area (Å²) < 4.78 is 0. The maximum Gasteiger partial charge on any atom is 0.234 e. The Kier molecular flexibility index (Phi) is 5.87. The molecule has 2 aromatic rings. The van der Waals surface area contributed by atoms with Crippen LogP contribution in [0.1, 0.15) is 61.0 Å². The number of benzene rings is 2. The molecule has 0 radical (unpaired) electrons. The van der Waals surface area contributed by atoms with Gasteiger partial charge in [-0.25, -0.2) is 0 Å². The van der Waals surface area contributed by atoms with E-state index in [0.29, 0.717) is 6.54 Å². The SMILES string of the molecule is CCCc1ccc(C2NCC(=O)NC2c2ccc(CCC)cc2)cc1.